The highest BCUT2D eigenvalue weighted by molar-refractivity contribution is 7.89. The predicted octanol–water partition coefficient (Wildman–Crippen LogP) is 1.77. The van der Waals surface area contributed by atoms with Crippen molar-refractivity contribution in [3.8, 4) is 0 Å². The Kier molecular flexibility index (Phi) is 4.48. The molecule has 1 unspecified atom stereocenters. The number of hydrogen-bond donors (Lipinski definition) is 2. The van der Waals surface area contributed by atoms with Crippen LogP contribution in [0.15, 0.2) is 23.1 Å². The van der Waals surface area contributed by atoms with E-state index in [4.69, 9.17) is 5.11 Å². The molecule has 5 nitrogen and oxygen atoms in total. The van der Waals surface area contributed by atoms with Crippen LogP contribution in [0, 0.1) is 6.92 Å². The Morgan fingerprint density at radius 3 is 2.56 bits per heavy atom. The molecule has 0 aliphatic carbocycles. The highest BCUT2D eigenvalue weighted by Crippen LogP contribution is 2.17. The lowest BCUT2D eigenvalue weighted by atomic mass is 10.1. The summed E-state index contributed by atoms with van der Waals surface area (Å²) in [4.78, 5) is 10.9. The van der Waals surface area contributed by atoms with Crippen LogP contribution >= 0.6 is 0 Å². The van der Waals surface area contributed by atoms with Crippen LogP contribution in [0.4, 0.5) is 0 Å². The standard InChI is InChI=1S/C12H17NO4S/c1-4-9(3)13-18(16,17)11-7-10(12(14)15)6-5-8(11)2/h5-7,9,13H,4H2,1-3H3,(H,14,15). The van der Waals surface area contributed by atoms with E-state index in [0.29, 0.717) is 12.0 Å². The molecule has 1 atom stereocenters. The second kappa shape index (κ2) is 5.49. The summed E-state index contributed by atoms with van der Waals surface area (Å²) in [6.45, 7) is 5.26. The number of benzene rings is 1. The zero-order valence-corrected chi connectivity index (χ0v) is 11.4. The lowest BCUT2D eigenvalue weighted by molar-refractivity contribution is 0.0696. The largest absolute Gasteiger partial charge is 0.478 e. The Hall–Kier alpha value is -1.40. The van der Waals surface area contributed by atoms with Crippen molar-refractivity contribution in [2.24, 2.45) is 0 Å². The Bertz CT molecular complexity index is 551. The van der Waals surface area contributed by atoms with Crippen LogP contribution in [0.3, 0.4) is 0 Å². The van der Waals surface area contributed by atoms with E-state index in [2.05, 4.69) is 4.72 Å². The van der Waals surface area contributed by atoms with Crippen LogP contribution in [0.25, 0.3) is 0 Å². The minimum atomic E-state index is -3.67. The smallest absolute Gasteiger partial charge is 0.335 e. The highest BCUT2D eigenvalue weighted by atomic mass is 32.2. The van der Waals surface area contributed by atoms with Gasteiger partial charge in [-0.15, -0.1) is 0 Å². The Labute approximate surface area is 107 Å². The summed E-state index contributed by atoms with van der Waals surface area (Å²) < 4.78 is 26.7. The fourth-order valence-corrected chi connectivity index (χ4v) is 3.03. The number of hydrogen-bond acceptors (Lipinski definition) is 3. The average molecular weight is 271 g/mol. The van der Waals surface area contributed by atoms with Crippen LogP contribution < -0.4 is 4.72 Å². The number of aryl methyl sites for hydroxylation is 1. The zero-order chi connectivity index (χ0) is 13.9. The van der Waals surface area contributed by atoms with Gasteiger partial charge in [0, 0.05) is 6.04 Å². The van der Waals surface area contributed by atoms with Gasteiger partial charge in [0.15, 0.2) is 0 Å². The Balaban J connectivity index is 3.23. The summed E-state index contributed by atoms with van der Waals surface area (Å²) in [7, 11) is -3.67. The molecule has 100 valence electrons. The average Bonchev–Trinajstić information content (AvgIpc) is 2.28. The van der Waals surface area contributed by atoms with Crippen LogP contribution in [-0.2, 0) is 10.0 Å². The van der Waals surface area contributed by atoms with Gasteiger partial charge in [-0.2, -0.15) is 0 Å². The first-order chi connectivity index (χ1) is 8.27. The maximum absolute atomic E-state index is 12.1. The summed E-state index contributed by atoms with van der Waals surface area (Å²) in [5.74, 6) is -1.14. The van der Waals surface area contributed by atoms with Crippen molar-refractivity contribution in [3.63, 3.8) is 0 Å². The fraction of sp³-hybridized carbons (Fsp3) is 0.417. The van der Waals surface area contributed by atoms with Crippen LogP contribution in [0.2, 0.25) is 0 Å². The number of sulfonamides is 1. The second-order valence-corrected chi connectivity index (χ2v) is 5.90. The van der Waals surface area contributed by atoms with Gasteiger partial charge in [-0.3, -0.25) is 0 Å². The molecular weight excluding hydrogens is 254 g/mol. The monoisotopic (exact) mass is 271 g/mol. The van der Waals surface area contributed by atoms with Crippen molar-refractivity contribution < 1.29 is 18.3 Å². The summed E-state index contributed by atoms with van der Waals surface area (Å²) in [6, 6.07) is 3.87. The highest BCUT2D eigenvalue weighted by Gasteiger charge is 2.20. The number of rotatable bonds is 5. The van der Waals surface area contributed by atoms with Gasteiger partial charge in [-0.05, 0) is 38.0 Å². The Morgan fingerprint density at radius 2 is 2.06 bits per heavy atom. The van der Waals surface area contributed by atoms with Crippen molar-refractivity contribution in [2.75, 3.05) is 0 Å². The molecular formula is C12H17NO4S. The minimum absolute atomic E-state index is 0.0164. The maximum atomic E-state index is 12.1. The quantitative estimate of drug-likeness (QED) is 0.855. The normalized spacial score (nSPS) is 13.3. The number of nitrogens with one attached hydrogen (secondary N) is 1. The molecule has 0 bridgehead atoms. The van der Waals surface area contributed by atoms with Crippen LogP contribution in [-0.4, -0.2) is 25.5 Å². The molecule has 1 aromatic rings. The van der Waals surface area contributed by atoms with Gasteiger partial charge in [0.1, 0.15) is 0 Å². The van der Waals surface area contributed by atoms with Crippen molar-refractivity contribution in [2.45, 2.75) is 38.1 Å². The molecule has 0 spiro atoms. The lowest BCUT2D eigenvalue weighted by Gasteiger charge is -2.14. The third-order valence-corrected chi connectivity index (χ3v) is 4.42. The number of carbonyl (C=O) groups is 1. The van der Waals surface area contributed by atoms with Crippen molar-refractivity contribution in [1.82, 2.24) is 4.72 Å². The van der Waals surface area contributed by atoms with Gasteiger partial charge in [0.05, 0.1) is 10.5 Å². The predicted molar refractivity (Wildman–Crippen MR) is 68.2 cm³/mol. The molecule has 6 heteroatoms. The van der Waals surface area contributed by atoms with E-state index in [1.54, 1.807) is 13.8 Å². The fourth-order valence-electron chi connectivity index (χ4n) is 1.43. The molecule has 1 aromatic carbocycles. The minimum Gasteiger partial charge on any atom is -0.478 e. The van der Waals surface area contributed by atoms with Gasteiger partial charge in [-0.25, -0.2) is 17.9 Å². The molecule has 0 fully saturated rings. The second-order valence-electron chi connectivity index (χ2n) is 4.22. The van der Waals surface area contributed by atoms with Gasteiger partial charge < -0.3 is 5.11 Å². The molecule has 2 N–H and O–H groups in total. The topological polar surface area (TPSA) is 83.5 Å². The van der Waals surface area contributed by atoms with Crippen LogP contribution in [0.1, 0.15) is 36.2 Å². The molecule has 0 saturated heterocycles. The lowest BCUT2D eigenvalue weighted by Crippen LogP contribution is -2.32. The molecule has 0 saturated carbocycles. The number of aromatic carboxylic acids is 1. The molecule has 0 aliphatic heterocycles. The first kappa shape index (κ1) is 14.7. The molecule has 0 aliphatic rings. The van der Waals surface area contributed by atoms with E-state index in [1.807, 2.05) is 6.92 Å². The summed E-state index contributed by atoms with van der Waals surface area (Å²) >= 11 is 0. The molecule has 0 heterocycles. The van der Waals surface area contributed by atoms with Gasteiger partial charge in [0.25, 0.3) is 0 Å². The molecule has 0 amide bonds. The van der Waals surface area contributed by atoms with E-state index in [1.165, 1.54) is 18.2 Å². The van der Waals surface area contributed by atoms with E-state index < -0.39 is 16.0 Å². The number of carboxylic acids is 1. The summed E-state index contributed by atoms with van der Waals surface area (Å²) in [5.41, 5.74) is 0.487. The van der Waals surface area contributed by atoms with Gasteiger partial charge in [-0.1, -0.05) is 13.0 Å². The van der Waals surface area contributed by atoms with Crippen molar-refractivity contribution in [1.29, 1.82) is 0 Å². The summed E-state index contributed by atoms with van der Waals surface area (Å²) in [6.07, 6.45) is 0.664. The van der Waals surface area contributed by atoms with E-state index in [0.717, 1.165) is 0 Å². The number of carboxylic acid groups (broad SMARTS) is 1. The third kappa shape index (κ3) is 3.30. The van der Waals surface area contributed by atoms with Crippen LogP contribution in [0.5, 0.6) is 0 Å². The van der Waals surface area contributed by atoms with E-state index in [9.17, 15) is 13.2 Å². The SMILES string of the molecule is CCC(C)NS(=O)(=O)c1cc(C(=O)O)ccc1C. The molecule has 0 aromatic heterocycles. The van der Waals surface area contributed by atoms with Gasteiger partial charge >= 0.3 is 5.97 Å². The van der Waals surface area contributed by atoms with E-state index >= 15 is 0 Å². The van der Waals surface area contributed by atoms with E-state index in [-0.39, 0.29) is 16.5 Å². The maximum Gasteiger partial charge on any atom is 0.335 e. The summed E-state index contributed by atoms with van der Waals surface area (Å²) in [5, 5.41) is 8.88. The molecule has 0 radical (unpaired) electrons. The van der Waals surface area contributed by atoms with Gasteiger partial charge in [0.2, 0.25) is 10.0 Å². The Morgan fingerprint density at radius 1 is 1.44 bits per heavy atom. The first-order valence-corrected chi connectivity index (χ1v) is 7.12. The molecule has 18 heavy (non-hydrogen) atoms. The van der Waals surface area contributed by atoms with Crippen molar-refractivity contribution >= 4 is 16.0 Å². The first-order valence-electron chi connectivity index (χ1n) is 5.64. The third-order valence-electron chi connectivity index (χ3n) is 2.69. The van der Waals surface area contributed by atoms with Crippen molar-refractivity contribution in [3.05, 3.63) is 29.3 Å². The molecule has 1 rings (SSSR count). The zero-order valence-electron chi connectivity index (χ0n) is 10.6.